The molecule has 2 heterocycles. The van der Waals surface area contributed by atoms with Crippen LogP contribution in [-0.4, -0.2) is 30.5 Å². The highest BCUT2D eigenvalue weighted by Gasteiger charge is 2.28. The first kappa shape index (κ1) is 24.2. The number of thiazole rings is 1. The smallest absolute Gasteiger partial charge is 0.206 e. The maximum Gasteiger partial charge on any atom is 0.206 e. The molecule has 5 rings (SSSR count). The number of nitrogens with one attached hydrogen (secondary N) is 2. The Morgan fingerprint density at radius 1 is 1.00 bits per heavy atom. The Hall–Kier alpha value is -2.49. The molecule has 3 aromatic rings. The molecule has 1 aromatic carbocycles. The highest BCUT2D eigenvalue weighted by Crippen LogP contribution is 2.39. The first-order valence-corrected chi connectivity index (χ1v) is 14.6. The Kier molecular flexibility index (Phi) is 6.59. The topological polar surface area (TPSA) is 110 Å². The van der Waals surface area contributed by atoms with Gasteiger partial charge in [-0.25, -0.2) is 18.4 Å². The molecule has 1 fully saturated rings. The summed E-state index contributed by atoms with van der Waals surface area (Å²) in [5, 5.41) is 7.53. The number of anilines is 3. The van der Waals surface area contributed by atoms with Gasteiger partial charge in [0.05, 0.1) is 15.5 Å². The zero-order chi connectivity index (χ0) is 24.6. The lowest BCUT2D eigenvalue weighted by atomic mass is 9.79. The van der Waals surface area contributed by atoms with Crippen LogP contribution in [0.15, 0.2) is 52.3 Å². The van der Waals surface area contributed by atoms with Crippen LogP contribution in [0.5, 0.6) is 0 Å². The van der Waals surface area contributed by atoms with E-state index in [9.17, 15) is 8.42 Å². The van der Waals surface area contributed by atoms with Crippen LogP contribution in [-0.2, 0) is 22.7 Å². The van der Waals surface area contributed by atoms with Gasteiger partial charge in [-0.1, -0.05) is 32.0 Å². The van der Waals surface area contributed by atoms with Gasteiger partial charge in [-0.05, 0) is 68.6 Å². The van der Waals surface area contributed by atoms with Crippen molar-refractivity contribution in [1.29, 1.82) is 0 Å². The molecule has 0 bridgehead atoms. The zero-order valence-corrected chi connectivity index (χ0v) is 21.9. The van der Waals surface area contributed by atoms with Crippen LogP contribution >= 0.6 is 11.3 Å². The van der Waals surface area contributed by atoms with E-state index in [0.717, 1.165) is 55.8 Å². The third-order valence-corrected chi connectivity index (χ3v) is 9.74. The molecule has 4 N–H and O–H groups in total. The summed E-state index contributed by atoms with van der Waals surface area (Å²) >= 11 is 1.64. The minimum Gasteiger partial charge on any atom is -0.367 e. The summed E-state index contributed by atoms with van der Waals surface area (Å²) in [6, 6.07) is 12.2. The molecular formula is C26H33N5O2S2. The van der Waals surface area contributed by atoms with Crippen molar-refractivity contribution in [3.8, 4) is 0 Å². The average molecular weight is 512 g/mol. The summed E-state index contributed by atoms with van der Waals surface area (Å²) in [6.07, 6.45) is 6.87. The third-order valence-electron chi connectivity index (χ3n) is 6.98. The summed E-state index contributed by atoms with van der Waals surface area (Å²) in [6.45, 7) is 4.58. The molecule has 2 aromatic heterocycles. The summed E-state index contributed by atoms with van der Waals surface area (Å²) in [5.41, 5.74) is 7.48. The molecule has 0 radical (unpaired) electrons. The van der Waals surface area contributed by atoms with Crippen molar-refractivity contribution in [2.45, 2.75) is 80.7 Å². The maximum atomic E-state index is 13.4. The molecule has 0 spiro atoms. The lowest BCUT2D eigenvalue weighted by Gasteiger charge is -2.28. The molecule has 0 unspecified atom stereocenters. The maximum absolute atomic E-state index is 13.4. The van der Waals surface area contributed by atoms with E-state index in [0.29, 0.717) is 11.6 Å². The van der Waals surface area contributed by atoms with Gasteiger partial charge in [-0.2, -0.15) is 0 Å². The minimum absolute atomic E-state index is 0.207. The Labute approximate surface area is 211 Å². The molecule has 9 heteroatoms. The first-order chi connectivity index (χ1) is 16.7. The average Bonchev–Trinajstić information content (AvgIpc) is 3.21. The molecule has 2 aliphatic carbocycles. The third kappa shape index (κ3) is 5.52. The molecule has 0 aliphatic heterocycles. The Bertz CT molecular complexity index is 1300. The monoisotopic (exact) mass is 511 g/mol. The molecule has 1 saturated carbocycles. The van der Waals surface area contributed by atoms with Gasteiger partial charge in [0.1, 0.15) is 11.6 Å². The van der Waals surface area contributed by atoms with Crippen molar-refractivity contribution in [2.75, 3.05) is 10.6 Å². The predicted molar refractivity (Wildman–Crippen MR) is 141 cm³/mol. The second-order valence-electron chi connectivity index (χ2n) is 10.5. The minimum atomic E-state index is -3.70. The van der Waals surface area contributed by atoms with Crippen molar-refractivity contribution < 1.29 is 8.42 Å². The van der Waals surface area contributed by atoms with Gasteiger partial charge >= 0.3 is 0 Å². The highest BCUT2D eigenvalue weighted by molar-refractivity contribution is 7.91. The van der Waals surface area contributed by atoms with Gasteiger partial charge in [0.2, 0.25) is 9.84 Å². The number of aryl methyl sites for hydroxylation is 1. The molecule has 2 aliphatic rings. The Morgan fingerprint density at radius 3 is 2.46 bits per heavy atom. The van der Waals surface area contributed by atoms with Crippen LogP contribution in [0.4, 0.5) is 16.8 Å². The summed E-state index contributed by atoms with van der Waals surface area (Å²) in [7, 11) is -3.70. The van der Waals surface area contributed by atoms with Crippen molar-refractivity contribution in [3.63, 3.8) is 0 Å². The molecule has 0 amide bonds. The van der Waals surface area contributed by atoms with Crippen LogP contribution in [0.25, 0.3) is 0 Å². The zero-order valence-electron chi connectivity index (χ0n) is 20.3. The van der Waals surface area contributed by atoms with Gasteiger partial charge in [0, 0.05) is 23.0 Å². The molecule has 0 saturated heterocycles. The number of benzene rings is 1. The lowest BCUT2D eigenvalue weighted by molar-refractivity contribution is 0.316. The van der Waals surface area contributed by atoms with E-state index in [-0.39, 0.29) is 27.3 Å². The quantitative estimate of drug-likeness (QED) is 0.411. The van der Waals surface area contributed by atoms with Crippen molar-refractivity contribution in [3.05, 3.63) is 53.0 Å². The van der Waals surface area contributed by atoms with Crippen LogP contribution in [0.2, 0.25) is 0 Å². The van der Waals surface area contributed by atoms with Crippen molar-refractivity contribution >= 4 is 37.9 Å². The predicted octanol–water partition coefficient (Wildman–Crippen LogP) is 5.31. The number of sulfone groups is 1. The van der Waals surface area contributed by atoms with Crippen LogP contribution in [0.3, 0.4) is 0 Å². The van der Waals surface area contributed by atoms with E-state index in [1.54, 1.807) is 47.7 Å². The number of nitrogens with zero attached hydrogens (tertiary/aromatic N) is 2. The van der Waals surface area contributed by atoms with Crippen LogP contribution in [0, 0.1) is 5.41 Å². The van der Waals surface area contributed by atoms with E-state index in [1.807, 2.05) is 6.07 Å². The number of rotatable bonds is 6. The fraction of sp³-hybridized carbons (Fsp3) is 0.462. The number of nitrogens with two attached hydrogens (primary N) is 1. The Balaban J connectivity index is 1.47. The fourth-order valence-corrected chi connectivity index (χ4v) is 7.46. The molecular weight excluding hydrogens is 478 g/mol. The van der Waals surface area contributed by atoms with Gasteiger partial charge in [-0.3, -0.25) is 0 Å². The first-order valence-electron chi connectivity index (χ1n) is 12.3. The van der Waals surface area contributed by atoms with Crippen molar-refractivity contribution in [2.24, 2.45) is 11.1 Å². The second-order valence-corrected chi connectivity index (χ2v) is 13.5. The van der Waals surface area contributed by atoms with Crippen LogP contribution in [0.1, 0.15) is 56.5 Å². The number of hydrogen-bond donors (Lipinski definition) is 3. The summed E-state index contributed by atoms with van der Waals surface area (Å²) < 4.78 is 26.9. The lowest BCUT2D eigenvalue weighted by Crippen LogP contribution is -2.33. The van der Waals surface area contributed by atoms with Crippen molar-refractivity contribution in [1.82, 2.24) is 9.97 Å². The van der Waals surface area contributed by atoms with E-state index in [4.69, 9.17) is 15.7 Å². The van der Waals surface area contributed by atoms with Gasteiger partial charge in [0.25, 0.3) is 0 Å². The van der Waals surface area contributed by atoms with E-state index in [2.05, 4.69) is 24.5 Å². The normalized spacial score (nSPS) is 21.8. The standard InChI is InChI=1S/C26H33N5O2S2/c1-26(2)13-12-21-22(16-26)34-25(29-21)31-24-15-20(35(32,33)19-6-4-3-5-7-19)14-23(30-24)28-18-10-8-17(27)9-11-18/h3-7,14-15,17-18H,8-13,16,27H2,1-2H3,(H2,28,29,30,31)/t17-,18-. The second kappa shape index (κ2) is 9.52. The molecule has 186 valence electrons. The number of aromatic nitrogens is 2. The summed E-state index contributed by atoms with van der Waals surface area (Å²) in [5.74, 6) is 1.02. The number of hydrogen-bond acceptors (Lipinski definition) is 8. The van der Waals surface area contributed by atoms with Gasteiger partial charge in [0.15, 0.2) is 5.13 Å². The molecule has 7 nitrogen and oxygen atoms in total. The van der Waals surface area contributed by atoms with E-state index >= 15 is 0 Å². The molecule has 35 heavy (non-hydrogen) atoms. The molecule has 0 atom stereocenters. The number of fused-ring (bicyclic) bond motifs is 1. The Morgan fingerprint density at radius 2 is 1.71 bits per heavy atom. The largest absolute Gasteiger partial charge is 0.367 e. The van der Waals surface area contributed by atoms with E-state index < -0.39 is 9.84 Å². The van der Waals surface area contributed by atoms with E-state index in [1.165, 1.54) is 4.88 Å². The highest BCUT2D eigenvalue weighted by atomic mass is 32.2. The summed E-state index contributed by atoms with van der Waals surface area (Å²) in [4.78, 5) is 11.3. The number of pyridine rings is 1. The SMILES string of the molecule is CC1(C)CCc2nc(Nc3cc(S(=O)(=O)c4ccccc4)cc(N[C@H]4CC[C@H](N)CC4)n3)sc2C1. The van der Waals surface area contributed by atoms with Gasteiger partial charge in [-0.15, -0.1) is 11.3 Å². The van der Waals surface area contributed by atoms with Crippen LogP contribution < -0.4 is 16.4 Å². The fourth-order valence-electron chi connectivity index (χ4n) is 4.87. The van der Waals surface area contributed by atoms with Gasteiger partial charge < -0.3 is 16.4 Å².